The second-order valence-corrected chi connectivity index (χ2v) is 7.77. The zero-order valence-electron chi connectivity index (χ0n) is 16.3. The molecule has 2 heterocycles. The molecule has 1 aliphatic rings. The Balaban J connectivity index is 1.49. The number of para-hydroxylation sites is 1. The maximum absolute atomic E-state index is 12.4. The lowest BCUT2D eigenvalue weighted by atomic mass is 10.0. The van der Waals surface area contributed by atoms with E-state index in [9.17, 15) is 4.79 Å². The van der Waals surface area contributed by atoms with E-state index in [0.717, 1.165) is 39.3 Å². The van der Waals surface area contributed by atoms with Crippen LogP contribution in [-0.4, -0.2) is 66.1 Å². The summed E-state index contributed by atoms with van der Waals surface area (Å²) in [6.45, 7) is 10.4. The molecule has 142 valence electrons. The molecule has 0 saturated carbocycles. The monoisotopic (exact) mass is 356 g/mol. The fourth-order valence-electron chi connectivity index (χ4n) is 3.80. The molecule has 1 N–H and O–H groups in total. The van der Waals surface area contributed by atoms with Crippen molar-refractivity contribution in [1.82, 2.24) is 19.7 Å². The Bertz CT molecular complexity index is 716. The SMILES string of the molecule is CC(C)C(CNC(=O)CCn1ccc2ccccc21)N1CCN(C)CC1. The van der Waals surface area contributed by atoms with Crippen LogP contribution >= 0.6 is 0 Å². The van der Waals surface area contributed by atoms with Gasteiger partial charge in [0.1, 0.15) is 0 Å². The first-order valence-electron chi connectivity index (χ1n) is 9.78. The number of likely N-dealkylation sites (N-methyl/N-ethyl adjacent to an activating group) is 1. The van der Waals surface area contributed by atoms with Gasteiger partial charge in [-0.2, -0.15) is 0 Å². The van der Waals surface area contributed by atoms with Crippen LogP contribution in [0.1, 0.15) is 20.3 Å². The van der Waals surface area contributed by atoms with Crippen molar-refractivity contribution < 1.29 is 4.79 Å². The van der Waals surface area contributed by atoms with Crippen LogP contribution in [0.5, 0.6) is 0 Å². The first-order valence-corrected chi connectivity index (χ1v) is 9.78. The predicted octanol–water partition coefficient (Wildman–Crippen LogP) is 2.42. The molecule has 1 atom stereocenters. The van der Waals surface area contributed by atoms with E-state index in [-0.39, 0.29) is 5.91 Å². The quantitative estimate of drug-likeness (QED) is 0.828. The molecule has 1 saturated heterocycles. The lowest BCUT2D eigenvalue weighted by Gasteiger charge is -2.39. The number of rotatable bonds is 7. The molecule has 0 aliphatic carbocycles. The number of hydrogen-bond donors (Lipinski definition) is 1. The molecule has 1 aromatic heterocycles. The largest absolute Gasteiger partial charge is 0.354 e. The normalized spacial score (nSPS) is 17.7. The Morgan fingerprint density at radius 3 is 2.58 bits per heavy atom. The minimum atomic E-state index is 0.141. The summed E-state index contributed by atoms with van der Waals surface area (Å²) < 4.78 is 2.16. The summed E-state index contributed by atoms with van der Waals surface area (Å²) in [5, 5.41) is 4.40. The molecule has 1 amide bonds. The average molecular weight is 357 g/mol. The summed E-state index contributed by atoms with van der Waals surface area (Å²) in [6, 6.07) is 10.8. The summed E-state index contributed by atoms with van der Waals surface area (Å²) in [5.74, 6) is 0.676. The topological polar surface area (TPSA) is 40.5 Å². The van der Waals surface area contributed by atoms with Crippen molar-refractivity contribution in [1.29, 1.82) is 0 Å². The van der Waals surface area contributed by atoms with Gasteiger partial charge in [0.05, 0.1) is 0 Å². The maximum Gasteiger partial charge on any atom is 0.221 e. The van der Waals surface area contributed by atoms with Crippen molar-refractivity contribution >= 4 is 16.8 Å². The Hall–Kier alpha value is -1.85. The van der Waals surface area contributed by atoms with Crippen LogP contribution < -0.4 is 5.32 Å². The fourth-order valence-corrected chi connectivity index (χ4v) is 3.80. The number of carbonyl (C=O) groups excluding carboxylic acids is 1. The van der Waals surface area contributed by atoms with Gasteiger partial charge in [-0.1, -0.05) is 32.0 Å². The van der Waals surface area contributed by atoms with E-state index < -0.39 is 0 Å². The van der Waals surface area contributed by atoms with Crippen LogP contribution in [0.2, 0.25) is 0 Å². The van der Waals surface area contributed by atoms with Gasteiger partial charge in [-0.15, -0.1) is 0 Å². The third-order valence-corrected chi connectivity index (χ3v) is 5.54. The number of carbonyl (C=O) groups is 1. The van der Waals surface area contributed by atoms with Crippen molar-refractivity contribution in [3.8, 4) is 0 Å². The van der Waals surface area contributed by atoms with E-state index in [2.05, 4.69) is 65.0 Å². The summed E-state index contributed by atoms with van der Waals surface area (Å²) in [7, 11) is 2.18. The number of amides is 1. The zero-order chi connectivity index (χ0) is 18.5. The van der Waals surface area contributed by atoms with Gasteiger partial charge in [-0.05, 0) is 30.5 Å². The number of aromatic nitrogens is 1. The highest BCUT2D eigenvalue weighted by Gasteiger charge is 2.25. The highest BCUT2D eigenvalue weighted by atomic mass is 16.1. The van der Waals surface area contributed by atoms with E-state index in [1.54, 1.807) is 0 Å². The van der Waals surface area contributed by atoms with Crippen molar-refractivity contribution in [3.63, 3.8) is 0 Å². The number of fused-ring (bicyclic) bond motifs is 1. The summed E-state index contributed by atoms with van der Waals surface area (Å²) in [6.07, 6.45) is 2.59. The molecule has 0 spiro atoms. The highest BCUT2D eigenvalue weighted by molar-refractivity contribution is 5.80. The first-order chi connectivity index (χ1) is 12.5. The summed E-state index contributed by atoms with van der Waals surface area (Å²) in [5.41, 5.74) is 1.19. The van der Waals surface area contributed by atoms with Gasteiger partial charge in [0.2, 0.25) is 5.91 Å². The standard InChI is InChI=1S/C21H32N4O/c1-17(2)20(25-14-12-23(3)13-15-25)16-22-21(26)9-11-24-10-8-18-6-4-5-7-19(18)24/h4-8,10,17,20H,9,11-16H2,1-3H3,(H,22,26). The number of aryl methyl sites for hydroxylation is 1. The van der Waals surface area contributed by atoms with E-state index in [1.165, 1.54) is 10.9 Å². The lowest BCUT2D eigenvalue weighted by Crippen LogP contribution is -2.54. The number of piperazine rings is 1. The number of nitrogens with zero attached hydrogens (tertiary/aromatic N) is 3. The van der Waals surface area contributed by atoms with Crippen molar-refractivity contribution in [3.05, 3.63) is 36.5 Å². The molecule has 26 heavy (non-hydrogen) atoms. The minimum absolute atomic E-state index is 0.141. The van der Waals surface area contributed by atoms with Crippen LogP contribution in [-0.2, 0) is 11.3 Å². The van der Waals surface area contributed by atoms with Gasteiger partial charge in [0.25, 0.3) is 0 Å². The highest BCUT2D eigenvalue weighted by Crippen LogP contribution is 2.16. The van der Waals surface area contributed by atoms with Crippen LogP contribution in [0.15, 0.2) is 36.5 Å². The molecule has 0 bridgehead atoms. The Morgan fingerprint density at radius 1 is 1.12 bits per heavy atom. The number of hydrogen-bond acceptors (Lipinski definition) is 3. The zero-order valence-corrected chi connectivity index (χ0v) is 16.3. The van der Waals surface area contributed by atoms with Crippen LogP contribution in [0.3, 0.4) is 0 Å². The van der Waals surface area contributed by atoms with Gasteiger partial charge < -0.3 is 14.8 Å². The second kappa shape index (κ2) is 8.69. The summed E-state index contributed by atoms with van der Waals surface area (Å²) in [4.78, 5) is 17.3. The van der Waals surface area contributed by atoms with Crippen LogP contribution in [0, 0.1) is 5.92 Å². The van der Waals surface area contributed by atoms with Gasteiger partial charge in [0, 0.05) is 63.4 Å². The molecular formula is C21H32N4O. The van der Waals surface area contributed by atoms with E-state index in [4.69, 9.17) is 0 Å². The molecule has 2 aromatic rings. The molecule has 3 rings (SSSR count). The maximum atomic E-state index is 12.4. The fraction of sp³-hybridized carbons (Fsp3) is 0.571. The Kier molecular flexibility index (Phi) is 6.33. The number of benzene rings is 1. The van der Waals surface area contributed by atoms with Crippen molar-refractivity contribution in [2.24, 2.45) is 5.92 Å². The molecule has 5 nitrogen and oxygen atoms in total. The smallest absolute Gasteiger partial charge is 0.221 e. The van der Waals surface area contributed by atoms with Crippen LogP contribution in [0.4, 0.5) is 0 Å². The third-order valence-electron chi connectivity index (χ3n) is 5.54. The Labute approximate surface area is 157 Å². The summed E-state index contributed by atoms with van der Waals surface area (Å²) >= 11 is 0. The van der Waals surface area contributed by atoms with E-state index in [1.807, 2.05) is 12.1 Å². The molecule has 5 heteroatoms. The molecule has 0 radical (unpaired) electrons. The average Bonchev–Trinajstić information content (AvgIpc) is 3.04. The first kappa shape index (κ1) is 18.9. The van der Waals surface area contributed by atoms with E-state index in [0.29, 0.717) is 18.4 Å². The van der Waals surface area contributed by atoms with Gasteiger partial charge in [-0.25, -0.2) is 0 Å². The minimum Gasteiger partial charge on any atom is -0.354 e. The predicted molar refractivity (Wildman–Crippen MR) is 107 cm³/mol. The van der Waals surface area contributed by atoms with Gasteiger partial charge >= 0.3 is 0 Å². The van der Waals surface area contributed by atoms with Gasteiger partial charge in [-0.3, -0.25) is 9.69 Å². The number of nitrogens with one attached hydrogen (secondary N) is 1. The second-order valence-electron chi connectivity index (χ2n) is 7.77. The van der Waals surface area contributed by atoms with E-state index >= 15 is 0 Å². The van der Waals surface area contributed by atoms with Gasteiger partial charge in [0.15, 0.2) is 0 Å². The molecule has 1 aliphatic heterocycles. The third kappa shape index (κ3) is 4.65. The lowest BCUT2D eigenvalue weighted by molar-refractivity contribution is -0.121. The van der Waals surface area contributed by atoms with Crippen molar-refractivity contribution in [2.75, 3.05) is 39.8 Å². The molecular weight excluding hydrogens is 324 g/mol. The molecule has 1 fully saturated rings. The Morgan fingerprint density at radius 2 is 1.85 bits per heavy atom. The molecule has 1 aromatic carbocycles. The molecule has 1 unspecified atom stereocenters. The van der Waals surface area contributed by atoms with Crippen molar-refractivity contribution in [2.45, 2.75) is 32.9 Å². The van der Waals surface area contributed by atoms with Crippen LogP contribution in [0.25, 0.3) is 10.9 Å².